The first kappa shape index (κ1) is 12.4. The molecule has 1 atom stereocenters. The predicted octanol–water partition coefficient (Wildman–Crippen LogP) is 3.41. The van der Waals surface area contributed by atoms with Crippen molar-refractivity contribution in [3.8, 4) is 0 Å². The van der Waals surface area contributed by atoms with Crippen LogP contribution in [0.4, 0.5) is 0 Å². The number of hydrogen-bond acceptors (Lipinski definition) is 3. The molecule has 0 fully saturated rings. The highest BCUT2D eigenvalue weighted by Crippen LogP contribution is 2.31. The SMILES string of the molecule is Cc1cc(SC(C)CCO)c2ccccc2n1. The number of rotatable bonds is 4. The summed E-state index contributed by atoms with van der Waals surface area (Å²) in [7, 11) is 0. The lowest BCUT2D eigenvalue weighted by Crippen LogP contribution is -1.99. The molecule has 3 heteroatoms. The van der Waals surface area contributed by atoms with Gasteiger partial charge in [-0.15, -0.1) is 11.8 Å². The number of nitrogens with zero attached hydrogens (tertiary/aromatic N) is 1. The first-order chi connectivity index (χ1) is 8.20. The molecule has 90 valence electrons. The van der Waals surface area contributed by atoms with Gasteiger partial charge in [0, 0.05) is 27.8 Å². The Hall–Kier alpha value is -1.06. The largest absolute Gasteiger partial charge is 0.396 e. The molecule has 0 amide bonds. The molecule has 0 spiro atoms. The van der Waals surface area contributed by atoms with E-state index < -0.39 is 0 Å². The van der Waals surface area contributed by atoms with Gasteiger partial charge in [0.05, 0.1) is 5.52 Å². The molecule has 1 aromatic heterocycles. The summed E-state index contributed by atoms with van der Waals surface area (Å²) in [5.74, 6) is 0. The van der Waals surface area contributed by atoms with Gasteiger partial charge < -0.3 is 5.11 Å². The van der Waals surface area contributed by atoms with Gasteiger partial charge >= 0.3 is 0 Å². The number of aliphatic hydroxyl groups excluding tert-OH is 1. The molecule has 0 saturated heterocycles. The van der Waals surface area contributed by atoms with Crippen LogP contribution in [0.25, 0.3) is 10.9 Å². The number of fused-ring (bicyclic) bond motifs is 1. The van der Waals surface area contributed by atoms with Gasteiger partial charge in [0.25, 0.3) is 0 Å². The van der Waals surface area contributed by atoms with E-state index in [0.29, 0.717) is 5.25 Å². The van der Waals surface area contributed by atoms with Crippen molar-refractivity contribution in [1.29, 1.82) is 0 Å². The predicted molar refractivity (Wildman–Crippen MR) is 73.5 cm³/mol. The topological polar surface area (TPSA) is 33.1 Å². The van der Waals surface area contributed by atoms with Crippen LogP contribution in [-0.2, 0) is 0 Å². The fraction of sp³-hybridized carbons (Fsp3) is 0.357. The quantitative estimate of drug-likeness (QED) is 0.841. The number of aliphatic hydroxyl groups is 1. The van der Waals surface area contributed by atoms with Gasteiger partial charge in [-0.05, 0) is 25.5 Å². The van der Waals surface area contributed by atoms with Gasteiger partial charge in [-0.25, -0.2) is 0 Å². The molecule has 0 radical (unpaired) electrons. The van der Waals surface area contributed by atoms with Crippen LogP contribution in [0.3, 0.4) is 0 Å². The number of pyridine rings is 1. The molecule has 0 bridgehead atoms. The maximum absolute atomic E-state index is 8.96. The van der Waals surface area contributed by atoms with E-state index in [0.717, 1.165) is 17.6 Å². The molecule has 0 aliphatic heterocycles. The number of aryl methyl sites for hydroxylation is 1. The van der Waals surface area contributed by atoms with Gasteiger partial charge in [0.15, 0.2) is 0 Å². The number of benzene rings is 1. The molecule has 0 aliphatic rings. The Balaban J connectivity index is 2.38. The summed E-state index contributed by atoms with van der Waals surface area (Å²) < 4.78 is 0. The Kier molecular flexibility index (Phi) is 4.02. The van der Waals surface area contributed by atoms with Crippen molar-refractivity contribution in [3.05, 3.63) is 36.0 Å². The molecule has 0 saturated carbocycles. The number of para-hydroxylation sites is 1. The fourth-order valence-electron chi connectivity index (χ4n) is 1.82. The van der Waals surface area contributed by atoms with E-state index in [4.69, 9.17) is 5.11 Å². The minimum absolute atomic E-state index is 0.246. The lowest BCUT2D eigenvalue weighted by Gasteiger charge is -2.12. The van der Waals surface area contributed by atoms with Crippen molar-refractivity contribution in [1.82, 2.24) is 4.98 Å². The number of thioether (sulfide) groups is 1. The van der Waals surface area contributed by atoms with Gasteiger partial charge in [-0.3, -0.25) is 4.98 Å². The lowest BCUT2D eigenvalue weighted by molar-refractivity contribution is 0.289. The summed E-state index contributed by atoms with van der Waals surface area (Å²) in [6.07, 6.45) is 0.820. The van der Waals surface area contributed by atoms with Crippen LogP contribution in [0.1, 0.15) is 19.0 Å². The molecule has 2 aromatic rings. The van der Waals surface area contributed by atoms with Crippen molar-refractivity contribution in [2.45, 2.75) is 30.4 Å². The van der Waals surface area contributed by atoms with Crippen molar-refractivity contribution in [3.63, 3.8) is 0 Å². The molecule has 2 nitrogen and oxygen atoms in total. The minimum Gasteiger partial charge on any atom is -0.396 e. The normalized spacial score (nSPS) is 12.9. The second-order valence-electron chi connectivity index (χ2n) is 4.22. The van der Waals surface area contributed by atoms with Crippen molar-refractivity contribution in [2.24, 2.45) is 0 Å². The Labute approximate surface area is 106 Å². The summed E-state index contributed by atoms with van der Waals surface area (Å²) in [5.41, 5.74) is 2.09. The van der Waals surface area contributed by atoms with Crippen LogP contribution in [0.5, 0.6) is 0 Å². The van der Waals surface area contributed by atoms with E-state index in [1.165, 1.54) is 10.3 Å². The van der Waals surface area contributed by atoms with Crippen LogP contribution in [0.2, 0.25) is 0 Å². The standard InChI is InChI=1S/C14H17NOS/c1-10-9-14(17-11(2)7-8-16)12-5-3-4-6-13(12)15-10/h3-6,9,11,16H,7-8H2,1-2H3. The fourth-order valence-corrected chi connectivity index (χ4v) is 3.02. The Morgan fingerprint density at radius 3 is 2.88 bits per heavy atom. The molecular weight excluding hydrogens is 230 g/mol. The van der Waals surface area contributed by atoms with E-state index in [1.807, 2.05) is 36.9 Å². The van der Waals surface area contributed by atoms with E-state index in [1.54, 1.807) is 0 Å². The van der Waals surface area contributed by atoms with Gasteiger partial charge in [-0.2, -0.15) is 0 Å². The van der Waals surface area contributed by atoms with Crippen molar-refractivity contribution in [2.75, 3.05) is 6.61 Å². The van der Waals surface area contributed by atoms with E-state index in [2.05, 4.69) is 24.0 Å². The smallest absolute Gasteiger partial charge is 0.0716 e. The zero-order chi connectivity index (χ0) is 12.3. The molecule has 17 heavy (non-hydrogen) atoms. The Bertz CT molecular complexity index is 513. The van der Waals surface area contributed by atoms with Gasteiger partial charge in [0.2, 0.25) is 0 Å². The number of aromatic nitrogens is 1. The van der Waals surface area contributed by atoms with Crippen molar-refractivity contribution < 1.29 is 5.11 Å². The van der Waals surface area contributed by atoms with Gasteiger partial charge in [-0.1, -0.05) is 25.1 Å². The summed E-state index contributed by atoms with van der Waals surface area (Å²) in [5, 5.41) is 10.6. The van der Waals surface area contributed by atoms with E-state index in [-0.39, 0.29) is 6.61 Å². The van der Waals surface area contributed by atoms with Crippen LogP contribution in [-0.4, -0.2) is 21.9 Å². The molecule has 1 heterocycles. The Morgan fingerprint density at radius 1 is 1.35 bits per heavy atom. The lowest BCUT2D eigenvalue weighted by atomic mass is 10.2. The third kappa shape index (κ3) is 2.99. The third-order valence-corrected chi connectivity index (χ3v) is 3.90. The second-order valence-corrected chi connectivity index (χ2v) is 5.70. The number of hydrogen-bond donors (Lipinski definition) is 1. The van der Waals surface area contributed by atoms with Crippen LogP contribution < -0.4 is 0 Å². The highest BCUT2D eigenvalue weighted by atomic mass is 32.2. The zero-order valence-electron chi connectivity index (χ0n) is 10.2. The molecular formula is C14H17NOS. The average Bonchev–Trinajstić information content (AvgIpc) is 2.29. The summed E-state index contributed by atoms with van der Waals surface area (Å²) in [6.45, 7) is 4.41. The highest BCUT2D eigenvalue weighted by molar-refractivity contribution is 8.00. The first-order valence-corrected chi connectivity index (χ1v) is 6.72. The Morgan fingerprint density at radius 2 is 2.12 bits per heavy atom. The van der Waals surface area contributed by atoms with Gasteiger partial charge in [0.1, 0.15) is 0 Å². The van der Waals surface area contributed by atoms with Crippen LogP contribution in [0.15, 0.2) is 35.2 Å². The molecule has 1 N–H and O–H groups in total. The average molecular weight is 247 g/mol. The maximum atomic E-state index is 8.96. The highest BCUT2D eigenvalue weighted by Gasteiger charge is 2.08. The summed E-state index contributed by atoms with van der Waals surface area (Å²) in [6, 6.07) is 10.3. The maximum Gasteiger partial charge on any atom is 0.0716 e. The van der Waals surface area contributed by atoms with E-state index in [9.17, 15) is 0 Å². The molecule has 0 aliphatic carbocycles. The molecule has 2 rings (SSSR count). The third-order valence-electron chi connectivity index (χ3n) is 2.67. The van der Waals surface area contributed by atoms with Crippen LogP contribution >= 0.6 is 11.8 Å². The second kappa shape index (κ2) is 5.52. The summed E-state index contributed by atoms with van der Waals surface area (Å²) in [4.78, 5) is 5.79. The monoisotopic (exact) mass is 247 g/mol. The van der Waals surface area contributed by atoms with Crippen LogP contribution in [0, 0.1) is 6.92 Å². The minimum atomic E-state index is 0.246. The van der Waals surface area contributed by atoms with E-state index >= 15 is 0 Å². The molecule has 1 aromatic carbocycles. The van der Waals surface area contributed by atoms with Crippen molar-refractivity contribution >= 4 is 22.7 Å². The zero-order valence-corrected chi connectivity index (χ0v) is 11.0. The first-order valence-electron chi connectivity index (χ1n) is 5.84. The summed E-state index contributed by atoms with van der Waals surface area (Å²) >= 11 is 1.81. The molecule has 1 unspecified atom stereocenters.